The molecule has 3 aliphatic rings. The highest BCUT2D eigenvalue weighted by Crippen LogP contribution is 2.47. The van der Waals surface area contributed by atoms with E-state index >= 15 is 0 Å². The number of Topliss-reactive ketones (excluding diaryl/α,β-unsaturated/α-hetero) is 1. The molecule has 0 unspecified atom stereocenters. The van der Waals surface area contributed by atoms with Crippen molar-refractivity contribution < 1.29 is 14.3 Å². The minimum absolute atomic E-state index is 0.143. The second-order valence-corrected chi connectivity index (χ2v) is 12.8. The van der Waals surface area contributed by atoms with Crippen molar-refractivity contribution in [2.24, 2.45) is 35.0 Å². The maximum atomic E-state index is 13.1. The van der Waals surface area contributed by atoms with E-state index in [9.17, 15) is 9.59 Å². The Morgan fingerprint density at radius 1 is 0.743 bits per heavy atom. The van der Waals surface area contributed by atoms with E-state index in [1.165, 1.54) is 89.9 Å². The molecule has 202 valence electrons. The summed E-state index contributed by atoms with van der Waals surface area (Å²) in [7, 11) is 0. The molecule has 3 nitrogen and oxygen atoms in total. The Morgan fingerprint density at radius 3 is 1.89 bits per heavy atom. The molecule has 2 atom stereocenters. The SMILES string of the molecule is CCCCCCC[C@H]1CC[C@H](C2CCC([C@@H]3CC[C@](C)(C(=O)OCCCCC)C(=O)C3)CC2)CC1. The first-order chi connectivity index (χ1) is 17.0. The molecular formula is C32H56O3. The smallest absolute Gasteiger partial charge is 0.319 e. The zero-order valence-electron chi connectivity index (χ0n) is 23.5. The van der Waals surface area contributed by atoms with E-state index in [4.69, 9.17) is 4.74 Å². The van der Waals surface area contributed by atoms with E-state index < -0.39 is 5.41 Å². The molecule has 35 heavy (non-hydrogen) atoms. The molecule has 0 aliphatic heterocycles. The molecule has 0 radical (unpaired) electrons. The number of carbonyl (C=O) groups excluding carboxylic acids is 2. The van der Waals surface area contributed by atoms with Gasteiger partial charge in [0.2, 0.25) is 0 Å². The third-order valence-corrected chi connectivity index (χ3v) is 10.3. The average Bonchev–Trinajstić information content (AvgIpc) is 2.88. The Labute approximate surface area is 216 Å². The largest absolute Gasteiger partial charge is 0.465 e. The molecule has 3 heteroatoms. The topological polar surface area (TPSA) is 43.4 Å². The van der Waals surface area contributed by atoms with Gasteiger partial charge in [-0.15, -0.1) is 0 Å². The number of ether oxygens (including phenoxy) is 1. The van der Waals surface area contributed by atoms with Crippen molar-refractivity contribution >= 4 is 11.8 Å². The molecule has 0 aromatic carbocycles. The Bertz CT molecular complexity index is 627. The van der Waals surface area contributed by atoms with Gasteiger partial charge in [0.1, 0.15) is 11.2 Å². The molecule has 3 rings (SSSR count). The maximum absolute atomic E-state index is 13.1. The summed E-state index contributed by atoms with van der Waals surface area (Å²) in [6, 6.07) is 0. The lowest BCUT2D eigenvalue weighted by Crippen LogP contribution is -2.44. The average molecular weight is 489 g/mol. The Hall–Kier alpha value is -0.860. The minimum Gasteiger partial charge on any atom is -0.465 e. The van der Waals surface area contributed by atoms with Crippen LogP contribution in [-0.2, 0) is 14.3 Å². The monoisotopic (exact) mass is 488 g/mol. The predicted molar refractivity (Wildman–Crippen MR) is 145 cm³/mol. The van der Waals surface area contributed by atoms with Crippen LogP contribution in [0, 0.1) is 35.0 Å². The van der Waals surface area contributed by atoms with Crippen LogP contribution in [0.3, 0.4) is 0 Å². The molecule has 3 saturated carbocycles. The highest BCUT2D eigenvalue weighted by Gasteiger charge is 2.47. The first-order valence-corrected chi connectivity index (χ1v) is 15.7. The molecule has 0 heterocycles. The van der Waals surface area contributed by atoms with Crippen molar-refractivity contribution in [3.63, 3.8) is 0 Å². The molecule has 3 fully saturated rings. The fourth-order valence-electron chi connectivity index (χ4n) is 7.55. The lowest BCUT2D eigenvalue weighted by atomic mass is 9.62. The number of rotatable bonds is 13. The second-order valence-electron chi connectivity index (χ2n) is 12.8. The molecule has 3 aliphatic carbocycles. The first-order valence-electron chi connectivity index (χ1n) is 15.7. The van der Waals surface area contributed by atoms with Gasteiger partial charge in [0.05, 0.1) is 6.61 Å². The summed E-state index contributed by atoms with van der Waals surface area (Å²) < 4.78 is 5.50. The summed E-state index contributed by atoms with van der Waals surface area (Å²) >= 11 is 0. The van der Waals surface area contributed by atoms with Crippen LogP contribution < -0.4 is 0 Å². The van der Waals surface area contributed by atoms with Crippen LogP contribution in [0.5, 0.6) is 0 Å². The molecule has 0 amide bonds. The zero-order valence-corrected chi connectivity index (χ0v) is 23.5. The molecule has 0 aromatic heterocycles. The number of ketones is 1. The minimum atomic E-state index is -0.894. The number of hydrogen-bond acceptors (Lipinski definition) is 3. The van der Waals surface area contributed by atoms with E-state index in [2.05, 4.69) is 13.8 Å². The van der Waals surface area contributed by atoms with Crippen LogP contribution in [0.1, 0.15) is 149 Å². The summed E-state index contributed by atoms with van der Waals surface area (Å²) in [4.78, 5) is 25.7. The van der Waals surface area contributed by atoms with Crippen molar-refractivity contribution in [3.05, 3.63) is 0 Å². The fraction of sp³-hybridized carbons (Fsp3) is 0.938. The van der Waals surface area contributed by atoms with Gasteiger partial charge in [0, 0.05) is 6.42 Å². The van der Waals surface area contributed by atoms with Crippen LogP contribution >= 0.6 is 0 Å². The van der Waals surface area contributed by atoms with Gasteiger partial charge in [-0.05, 0) is 94.3 Å². The number of esters is 1. The zero-order chi connectivity index (χ0) is 25.1. The molecule has 0 saturated heterocycles. The summed E-state index contributed by atoms with van der Waals surface area (Å²) in [5.41, 5.74) is -0.894. The Morgan fingerprint density at radius 2 is 1.29 bits per heavy atom. The van der Waals surface area contributed by atoms with Gasteiger partial charge >= 0.3 is 5.97 Å². The van der Waals surface area contributed by atoms with Crippen molar-refractivity contribution in [1.82, 2.24) is 0 Å². The van der Waals surface area contributed by atoms with E-state index in [-0.39, 0.29) is 11.8 Å². The summed E-state index contributed by atoms with van der Waals surface area (Å²) in [6.45, 7) is 6.74. The number of unbranched alkanes of at least 4 members (excludes halogenated alkanes) is 6. The lowest BCUT2D eigenvalue weighted by Gasteiger charge is -2.42. The van der Waals surface area contributed by atoms with Crippen LogP contribution in [0.25, 0.3) is 0 Å². The van der Waals surface area contributed by atoms with Crippen molar-refractivity contribution in [1.29, 1.82) is 0 Å². The summed E-state index contributed by atoms with van der Waals surface area (Å²) in [5, 5.41) is 0. The molecule has 0 bridgehead atoms. The molecule has 0 N–H and O–H groups in total. The van der Waals surface area contributed by atoms with Gasteiger partial charge in [-0.2, -0.15) is 0 Å². The van der Waals surface area contributed by atoms with Gasteiger partial charge in [-0.25, -0.2) is 0 Å². The third-order valence-electron chi connectivity index (χ3n) is 10.3. The summed E-state index contributed by atoms with van der Waals surface area (Å²) in [5.74, 6) is 3.96. The number of carbonyl (C=O) groups is 2. The van der Waals surface area contributed by atoms with Gasteiger partial charge in [0.25, 0.3) is 0 Å². The van der Waals surface area contributed by atoms with Crippen LogP contribution in [-0.4, -0.2) is 18.4 Å². The van der Waals surface area contributed by atoms with Crippen LogP contribution in [0.15, 0.2) is 0 Å². The summed E-state index contributed by atoms with van der Waals surface area (Å²) in [6.07, 6.45) is 25.2. The molecule has 0 aromatic rings. The fourth-order valence-corrected chi connectivity index (χ4v) is 7.55. The normalized spacial score (nSPS) is 34.0. The third kappa shape index (κ3) is 8.32. The van der Waals surface area contributed by atoms with E-state index in [0.29, 0.717) is 31.3 Å². The van der Waals surface area contributed by atoms with E-state index in [1.54, 1.807) is 0 Å². The quantitative estimate of drug-likeness (QED) is 0.147. The highest BCUT2D eigenvalue weighted by atomic mass is 16.5. The first kappa shape index (κ1) is 28.7. The van der Waals surface area contributed by atoms with Crippen LogP contribution in [0.2, 0.25) is 0 Å². The van der Waals surface area contributed by atoms with Gasteiger partial charge in [-0.1, -0.05) is 78.1 Å². The standard InChI is InChI=1S/C32H56O3/c1-4-6-8-9-10-12-25-13-15-26(16-14-25)27-17-19-28(20-18-27)29-21-22-32(3,30(33)24-29)31(34)35-23-11-7-5-2/h25-29H,4-24H2,1-3H3/t25-,26-,27?,28?,29-,32+/m1/s1. The van der Waals surface area contributed by atoms with Crippen molar-refractivity contribution in [2.45, 2.75) is 149 Å². The lowest BCUT2D eigenvalue weighted by molar-refractivity contribution is -0.162. The highest BCUT2D eigenvalue weighted by molar-refractivity contribution is 6.04. The maximum Gasteiger partial charge on any atom is 0.319 e. The van der Waals surface area contributed by atoms with E-state index in [0.717, 1.165) is 43.4 Å². The Kier molecular flexibility index (Phi) is 12.1. The number of hydrogen-bond donors (Lipinski definition) is 0. The van der Waals surface area contributed by atoms with Gasteiger partial charge in [0.15, 0.2) is 0 Å². The predicted octanol–water partition coefficient (Wildman–Crippen LogP) is 9.07. The van der Waals surface area contributed by atoms with Crippen molar-refractivity contribution in [3.8, 4) is 0 Å². The van der Waals surface area contributed by atoms with Gasteiger partial charge < -0.3 is 4.74 Å². The van der Waals surface area contributed by atoms with E-state index in [1.807, 2.05) is 6.92 Å². The van der Waals surface area contributed by atoms with Crippen LogP contribution in [0.4, 0.5) is 0 Å². The van der Waals surface area contributed by atoms with Crippen molar-refractivity contribution in [2.75, 3.05) is 6.61 Å². The molecular weight excluding hydrogens is 432 g/mol. The molecule has 0 spiro atoms. The van der Waals surface area contributed by atoms with Gasteiger partial charge in [-0.3, -0.25) is 9.59 Å². The Balaban J connectivity index is 1.34. The second kappa shape index (κ2) is 14.8.